The van der Waals surface area contributed by atoms with Gasteiger partial charge in [-0.25, -0.2) is 0 Å². The van der Waals surface area contributed by atoms with Crippen LogP contribution >= 0.6 is 0 Å². The van der Waals surface area contributed by atoms with E-state index in [1.54, 1.807) is 0 Å². The Hall–Kier alpha value is -0.0800. The maximum absolute atomic E-state index is 5.24. The Morgan fingerprint density at radius 3 is 2.78 bits per heavy atom. The Balaban J connectivity index is 2.60. The van der Waals surface area contributed by atoms with E-state index < -0.39 is 0 Å². The van der Waals surface area contributed by atoms with Crippen LogP contribution in [0.1, 0.15) is 19.8 Å². The maximum Gasteiger partial charge on any atom is 0.0537 e. The fourth-order valence-electron chi connectivity index (χ4n) is 0.576. The number of quaternary nitrogens is 1. The molecule has 0 aliphatic rings. The molecule has 0 unspecified atom stereocenters. The zero-order valence-corrected chi connectivity index (χ0v) is 6.23. The van der Waals surface area contributed by atoms with Crippen LogP contribution < -0.4 is 5.32 Å². The van der Waals surface area contributed by atoms with Crippen LogP contribution in [0, 0.1) is 7.05 Å². The summed E-state index contributed by atoms with van der Waals surface area (Å²) in [7, 11) is 3.62. The molecule has 56 valence electrons. The highest BCUT2D eigenvalue weighted by atomic mass is 16.5. The van der Waals surface area contributed by atoms with Gasteiger partial charge >= 0.3 is 0 Å². The van der Waals surface area contributed by atoms with Gasteiger partial charge in [-0.2, -0.15) is 7.05 Å². The largest absolute Gasteiger partial charge is 0.479 e. The molecule has 2 N–H and O–H groups in total. The molecule has 0 aromatic heterocycles. The van der Waals surface area contributed by atoms with Crippen molar-refractivity contribution in [1.82, 2.24) is 0 Å². The molecule has 0 radical (unpaired) electrons. The molecular weight excluding hydrogens is 114 g/mol. The van der Waals surface area contributed by atoms with Crippen molar-refractivity contribution in [1.29, 1.82) is 0 Å². The number of rotatable bonds is 6. The molecule has 2 heteroatoms. The predicted octanol–water partition coefficient (Wildman–Crippen LogP) is 0.158. The van der Waals surface area contributed by atoms with Crippen molar-refractivity contribution in [2.75, 3.05) is 19.8 Å². The molecule has 0 aromatic carbocycles. The first-order chi connectivity index (χ1) is 4.41. The van der Waals surface area contributed by atoms with Gasteiger partial charge in [-0.05, 0) is 6.42 Å². The lowest BCUT2D eigenvalue weighted by Gasteiger charge is -2.00. The first-order valence-corrected chi connectivity index (χ1v) is 3.60. The van der Waals surface area contributed by atoms with Crippen molar-refractivity contribution >= 4 is 0 Å². The molecule has 0 aliphatic heterocycles. The second-order valence-corrected chi connectivity index (χ2v) is 2.04. The highest BCUT2D eigenvalue weighted by Gasteiger charge is 1.84. The van der Waals surface area contributed by atoms with Crippen molar-refractivity contribution in [2.24, 2.45) is 0 Å². The number of hydrogen-bond acceptors (Lipinski definition) is 1. The second kappa shape index (κ2) is 7.92. The molecule has 0 heterocycles. The van der Waals surface area contributed by atoms with Gasteiger partial charge < -0.3 is 10.1 Å². The van der Waals surface area contributed by atoms with Gasteiger partial charge in [-0.1, -0.05) is 6.92 Å². The van der Waals surface area contributed by atoms with E-state index in [0.29, 0.717) is 0 Å². The first kappa shape index (κ1) is 8.92. The van der Waals surface area contributed by atoms with Gasteiger partial charge in [0.2, 0.25) is 0 Å². The first-order valence-electron chi connectivity index (χ1n) is 3.60. The molecule has 0 aliphatic carbocycles. The van der Waals surface area contributed by atoms with Crippen molar-refractivity contribution in [3.63, 3.8) is 0 Å². The number of ether oxygens (including phenoxy) is 1. The molecule has 0 amide bonds. The summed E-state index contributed by atoms with van der Waals surface area (Å²) >= 11 is 0. The van der Waals surface area contributed by atoms with E-state index in [9.17, 15) is 0 Å². The molecule has 0 atom stereocenters. The summed E-state index contributed by atoms with van der Waals surface area (Å²) in [6.45, 7) is 4.98. The van der Waals surface area contributed by atoms with E-state index in [1.165, 1.54) is 0 Å². The molecule has 2 nitrogen and oxygen atoms in total. The van der Waals surface area contributed by atoms with E-state index >= 15 is 0 Å². The Kier molecular flexibility index (Phi) is 7.85. The van der Waals surface area contributed by atoms with Gasteiger partial charge in [0, 0.05) is 13.0 Å². The third-order valence-corrected chi connectivity index (χ3v) is 1.05. The summed E-state index contributed by atoms with van der Waals surface area (Å²) < 4.78 is 5.24. The molecule has 0 aromatic rings. The Morgan fingerprint density at radius 2 is 2.22 bits per heavy atom. The topological polar surface area (TPSA) is 25.8 Å². The second-order valence-electron chi connectivity index (χ2n) is 2.04. The van der Waals surface area contributed by atoms with Gasteiger partial charge in [-0.3, -0.25) is 0 Å². The van der Waals surface area contributed by atoms with Crippen molar-refractivity contribution < 1.29 is 10.1 Å². The Morgan fingerprint density at radius 1 is 1.44 bits per heavy atom. The summed E-state index contributed by atoms with van der Waals surface area (Å²) in [4.78, 5) is 0. The van der Waals surface area contributed by atoms with Gasteiger partial charge in [0.15, 0.2) is 0 Å². The molecule has 0 spiro atoms. The third kappa shape index (κ3) is 7.92. The minimum Gasteiger partial charge on any atom is -0.479 e. The van der Waals surface area contributed by atoms with Crippen molar-refractivity contribution in [3.8, 4) is 0 Å². The minimum atomic E-state index is 0.889. The Bertz CT molecular complexity index is 42.2. The molecular formula is C7H17NO. The lowest BCUT2D eigenvalue weighted by atomic mass is 10.4. The van der Waals surface area contributed by atoms with Crippen LogP contribution in [0.5, 0.6) is 0 Å². The zero-order valence-electron chi connectivity index (χ0n) is 6.23. The van der Waals surface area contributed by atoms with Crippen molar-refractivity contribution in [3.05, 3.63) is 7.05 Å². The summed E-state index contributed by atoms with van der Waals surface area (Å²) in [5, 5.41) is 1.93. The van der Waals surface area contributed by atoms with Crippen LogP contribution in [0.2, 0.25) is 0 Å². The van der Waals surface area contributed by atoms with E-state index in [1.807, 2.05) is 5.32 Å². The van der Waals surface area contributed by atoms with Crippen LogP contribution in [-0.2, 0) is 4.74 Å². The van der Waals surface area contributed by atoms with E-state index in [4.69, 9.17) is 4.74 Å². The van der Waals surface area contributed by atoms with Crippen LogP contribution in [0.25, 0.3) is 0 Å². The summed E-state index contributed by atoms with van der Waals surface area (Å²) in [6, 6.07) is 0. The van der Waals surface area contributed by atoms with Gasteiger partial charge in [0.05, 0.1) is 13.2 Å². The number of nitrogens with two attached hydrogens (primary N) is 1. The van der Waals surface area contributed by atoms with Gasteiger partial charge in [-0.15, -0.1) is 0 Å². The quantitative estimate of drug-likeness (QED) is 0.403. The Labute approximate surface area is 57.6 Å². The van der Waals surface area contributed by atoms with Crippen LogP contribution in [0.4, 0.5) is 0 Å². The average molecular weight is 131 g/mol. The van der Waals surface area contributed by atoms with Crippen LogP contribution in [-0.4, -0.2) is 19.8 Å². The van der Waals surface area contributed by atoms with Crippen LogP contribution in [0.3, 0.4) is 0 Å². The smallest absolute Gasteiger partial charge is 0.0537 e. The number of hydrogen-bond donors (Lipinski definition) is 1. The normalized spacial score (nSPS) is 10.0. The molecule has 0 saturated heterocycles. The van der Waals surface area contributed by atoms with Gasteiger partial charge in [0.1, 0.15) is 0 Å². The van der Waals surface area contributed by atoms with E-state index in [-0.39, 0.29) is 0 Å². The highest BCUT2D eigenvalue weighted by Crippen LogP contribution is 1.81. The van der Waals surface area contributed by atoms with Gasteiger partial charge in [0.25, 0.3) is 0 Å². The highest BCUT2D eigenvalue weighted by molar-refractivity contribution is 4.30. The summed E-state index contributed by atoms with van der Waals surface area (Å²) in [5.41, 5.74) is 0. The average Bonchev–Trinajstić information content (AvgIpc) is 1.89. The molecule has 0 bridgehead atoms. The SMILES string of the molecule is [CH2-][NH2+]CCCOCCC. The zero-order chi connectivity index (χ0) is 6.95. The maximum atomic E-state index is 5.24. The molecule has 9 heavy (non-hydrogen) atoms. The lowest BCUT2D eigenvalue weighted by Crippen LogP contribution is -2.77. The van der Waals surface area contributed by atoms with E-state index in [2.05, 4.69) is 14.0 Å². The standard InChI is InChI=1S/C7H17NO/c1-3-6-9-7-4-5-8-2/h2-8H2,1H3. The van der Waals surface area contributed by atoms with Crippen molar-refractivity contribution in [2.45, 2.75) is 19.8 Å². The van der Waals surface area contributed by atoms with E-state index in [0.717, 1.165) is 32.6 Å². The summed E-state index contributed by atoms with van der Waals surface area (Å²) in [6.07, 6.45) is 2.23. The predicted molar refractivity (Wildman–Crippen MR) is 37.9 cm³/mol. The lowest BCUT2D eigenvalue weighted by molar-refractivity contribution is -0.596. The minimum absolute atomic E-state index is 0.889. The summed E-state index contributed by atoms with van der Waals surface area (Å²) in [5.74, 6) is 0. The fourth-order valence-corrected chi connectivity index (χ4v) is 0.576. The monoisotopic (exact) mass is 131 g/mol. The fraction of sp³-hybridized carbons (Fsp3) is 0.857. The molecule has 0 saturated carbocycles. The van der Waals surface area contributed by atoms with Crippen LogP contribution in [0.15, 0.2) is 0 Å². The molecule has 0 rings (SSSR count). The molecule has 0 fully saturated rings. The third-order valence-electron chi connectivity index (χ3n) is 1.05.